The second-order valence-corrected chi connectivity index (χ2v) is 8.65. The maximum Gasteiger partial charge on any atom is 0.266 e. The smallest absolute Gasteiger partial charge is 0.266 e. The molecule has 0 bridgehead atoms. The Bertz CT molecular complexity index is 1100. The van der Waals surface area contributed by atoms with Crippen molar-refractivity contribution in [1.82, 2.24) is 9.80 Å². The van der Waals surface area contributed by atoms with Gasteiger partial charge in [-0.25, -0.2) is 0 Å². The molecule has 0 unspecified atom stereocenters. The minimum atomic E-state index is -0.563. The Labute approximate surface area is 200 Å². The molecule has 6 heteroatoms. The van der Waals surface area contributed by atoms with Crippen LogP contribution in [0.25, 0.3) is 0 Å². The van der Waals surface area contributed by atoms with Crippen molar-refractivity contribution in [1.29, 1.82) is 0 Å². The average molecular weight is 456 g/mol. The summed E-state index contributed by atoms with van der Waals surface area (Å²) in [5, 5.41) is 4.20. The maximum atomic E-state index is 13.2. The summed E-state index contributed by atoms with van der Waals surface area (Å²) in [6, 6.07) is 29.0. The lowest BCUT2D eigenvalue weighted by Crippen LogP contribution is -2.52. The first-order valence-corrected chi connectivity index (χ1v) is 11.7. The van der Waals surface area contributed by atoms with E-state index in [2.05, 4.69) is 58.6 Å². The van der Waals surface area contributed by atoms with Crippen LogP contribution in [-0.2, 0) is 9.63 Å². The zero-order valence-electron chi connectivity index (χ0n) is 19.3. The summed E-state index contributed by atoms with van der Waals surface area (Å²) in [6.45, 7) is 2.94. The Morgan fingerprint density at radius 3 is 2.18 bits per heavy atom. The number of hydrogen-bond acceptors (Lipinski definition) is 5. The van der Waals surface area contributed by atoms with Gasteiger partial charge in [0.15, 0.2) is 0 Å². The van der Waals surface area contributed by atoms with Crippen LogP contribution in [0.3, 0.4) is 0 Å². The van der Waals surface area contributed by atoms with Gasteiger partial charge in [-0.05, 0) is 23.3 Å². The second-order valence-electron chi connectivity index (χ2n) is 8.65. The molecule has 2 aliphatic rings. The van der Waals surface area contributed by atoms with Gasteiger partial charge < -0.3 is 14.5 Å². The van der Waals surface area contributed by atoms with Gasteiger partial charge in [-0.2, -0.15) is 0 Å². The zero-order chi connectivity index (χ0) is 23.3. The van der Waals surface area contributed by atoms with Gasteiger partial charge in [-0.15, -0.1) is 0 Å². The van der Waals surface area contributed by atoms with Crippen LogP contribution in [0.5, 0.6) is 5.75 Å². The van der Waals surface area contributed by atoms with Gasteiger partial charge in [-0.3, -0.25) is 9.69 Å². The predicted molar refractivity (Wildman–Crippen MR) is 132 cm³/mol. The molecule has 5 rings (SSSR count). The molecule has 0 aliphatic carbocycles. The molecule has 3 aromatic rings. The molecular weight excluding hydrogens is 426 g/mol. The summed E-state index contributed by atoms with van der Waals surface area (Å²) in [5.74, 6) is 0.773. The number of rotatable bonds is 6. The Hall–Kier alpha value is -3.64. The van der Waals surface area contributed by atoms with Gasteiger partial charge in [0.2, 0.25) is 6.10 Å². The van der Waals surface area contributed by atoms with E-state index in [0.29, 0.717) is 19.5 Å². The van der Waals surface area contributed by atoms with Crippen LogP contribution in [0, 0.1) is 0 Å². The SMILES string of the molecule is COc1cccc(C2=NO[C@@H](C(=O)N3CCN(C(c4ccccc4)c4ccccc4)CC3)C2)c1. The number of benzene rings is 3. The van der Waals surface area contributed by atoms with Crippen LogP contribution >= 0.6 is 0 Å². The molecule has 3 aromatic carbocycles. The van der Waals surface area contributed by atoms with Crippen molar-refractivity contribution < 1.29 is 14.4 Å². The highest BCUT2D eigenvalue weighted by atomic mass is 16.6. The summed E-state index contributed by atoms with van der Waals surface area (Å²) >= 11 is 0. The third-order valence-electron chi connectivity index (χ3n) is 6.57. The molecule has 1 amide bonds. The van der Waals surface area contributed by atoms with Crippen molar-refractivity contribution >= 4 is 11.6 Å². The quantitative estimate of drug-likeness (QED) is 0.561. The molecule has 6 nitrogen and oxygen atoms in total. The standard InChI is InChI=1S/C28H29N3O3/c1-33-24-14-8-13-23(19-24)25-20-26(34-29-25)28(32)31-17-15-30(16-18-31)27(21-9-4-2-5-10-21)22-11-6-3-7-12-22/h2-14,19,26-27H,15-18,20H2,1H3/t26-/m1/s1. The van der Waals surface area contributed by atoms with E-state index in [-0.39, 0.29) is 11.9 Å². The molecule has 0 aromatic heterocycles. The molecule has 34 heavy (non-hydrogen) atoms. The molecule has 2 heterocycles. The zero-order valence-corrected chi connectivity index (χ0v) is 19.3. The number of nitrogens with zero attached hydrogens (tertiary/aromatic N) is 3. The van der Waals surface area contributed by atoms with Gasteiger partial charge in [-0.1, -0.05) is 78.0 Å². The Balaban J connectivity index is 1.23. The number of hydrogen-bond donors (Lipinski definition) is 0. The van der Waals surface area contributed by atoms with Crippen LogP contribution in [0.1, 0.15) is 29.2 Å². The molecule has 2 aliphatic heterocycles. The van der Waals surface area contributed by atoms with Gasteiger partial charge in [0.05, 0.1) is 18.9 Å². The largest absolute Gasteiger partial charge is 0.497 e. The first-order chi connectivity index (χ1) is 16.7. The Kier molecular flexibility index (Phi) is 6.58. The van der Waals surface area contributed by atoms with Gasteiger partial charge in [0.1, 0.15) is 5.75 Å². The topological polar surface area (TPSA) is 54.4 Å². The molecule has 0 spiro atoms. The van der Waals surface area contributed by atoms with Gasteiger partial charge in [0.25, 0.3) is 5.91 Å². The lowest BCUT2D eigenvalue weighted by Gasteiger charge is -2.40. The highest BCUT2D eigenvalue weighted by molar-refractivity contribution is 6.04. The minimum Gasteiger partial charge on any atom is -0.497 e. The maximum absolute atomic E-state index is 13.2. The van der Waals surface area contributed by atoms with E-state index in [1.807, 2.05) is 41.3 Å². The third-order valence-corrected chi connectivity index (χ3v) is 6.57. The number of methoxy groups -OCH3 is 1. The second kappa shape index (κ2) is 10.1. The average Bonchev–Trinajstić information content (AvgIpc) is 3.41. The van der Waals surface area contributed by atoms with Gasteiger partial charge in [0, 0.05) is 38.2 Å². The number of carbonyl (C=O) groups is 1. The van der Waals surface area contributed by atoms with Crippen LogP contribution in [-0.4, -0.2) is 60.8 Å². The number of oxime groups is 1. The van der Waals surface area contributed by atoms with E-state index in [1.54, 1.807) is 7.11 Å². The van der Waals surface area contributed by atoms with E-state index in [0.717, 1.165) is 30.1 Å². The normalized spacial score (nSPS) is 18.5. The van der Waals surface area contributed by atoms with Crippen molar-refractivity contribution in [2.75, 3.05) is 33.3 Å². The number of piperazine rings is 1. The molecule has 174 valence electrons. The van der Waals surface area contributed by atoms with E-state index >= 15 is 0 Å². The van der Waals surface area contributed by atoms with Gasteiger partial charge >= 0.3 is 0 Å². The number of carbonyl (C=O) groups excluding carboxylic acids is 1. The third kappa shape index (κ3) is 4.68. The molecule has 1 saturated heterocycles. The van der Waals surface area contributed by atoms with Crippen LogP contribution < -0.4 is 4.74 Å². The monoisotopic (exact) mass is 455 g/mol. The van der Waals surface area contributed by atoms with Crippen molar-refractivity contribution in [2.24, 2.45) is 5.16 Å². The first kappa shape index (κ1) is 22.2. The van der Waals surface area contributed by atoms with E-state index in [9.17, 15) is 4.79 Å². The van der Waals surface area contributed by atoms with Crippen molar-refractivity contribution in [3.8, 4) is 5.75 Å². The molecule has 0 N–H and O–H groups in total. The lowest BCUT2D eigenvalue weighted by atomic mass is 9.96. The van der Waals surface area contributed by atoms with E-state index in [4.69, 9.17) is 9.57 Å². The molecule has 1 fully saturated rings. The fourth-order valence-corrected chi connectivity index (χ4v) is 4.77. The fourth-order valence-electron chi connectivity index (χ4n) is 4.77. The molecule has 0 radical (unpaired) electrons. The van der Waals surface area contributed by atoms with Crippen molar-refractivity contribution in [3.05, 3.63) is 102 Å². The van der Waals surface area contributed by atoms with Crippen molar-refractivity contribution in [2.45, 2.75) is 18.6 Å². The van der Waals surface area contributed by atoms with Crippen molar-refractivity contribution in [3.63, 3.8) is 0 Å². The highest BCUT2D eigenvalue weighted by Crippen LogP contribution is 2.30. The summed E-state index contributed by atoms with van der Waals surface area (Å²) in [4.78, 5) is 23.1. The van der Waals surface area contributed by atoms with Crippen LogP contribution in [0.2, 0.25) is 0 Å². The summed E-state index contributed by atoms with van der Waals surface area (Å²) < 4.78 is 5.30. The molecular formula is C28H29N3O3. The van der Waals surface area contributed by atoms with Crippen LogP contribution in [0.4, 0.5) is 0 Å². The highest BCUT2D eigenvalue weighted by Gasteiger charge is 2.35. The molecule has 1 atom stereocenters. The summed E-state index contributed by atoms with van der Waals surface area (Å²) in [7, 11) is 1.64. The predicted octanol–water partition coefficient (Wildman–Crippen LogP) is 4.12. The fraction of sp³-hybridized carbons (Fsp3) is 0.286. The Morgan fingerprint density at radius 1 is 0.912 bits per heavy atom. The number of ether oxygens (including phenoxy) is 1. The summed E-state index contributed by atoms with van der Waals surface area (Å²) in [6.07, 6.45) is -0.0881. The Morgan fingerprint density at radius 2 is 1.56 bits per heavy atom. The minimum absolute atomic E-state index is 0.0114. The number of amides is 1. The van der Waals surface area contributed by atoms with E-state index in [1.165, 1.54) is 11.1 Å². The molecule has 0 saturated carbocycles. The van der Waals surface area contributed by atoms with E-state index < -0.39 is 6.10 Å². The summed E-state index contributed by atoms with van der Waals surface area (Å²) in [5.41, 5.74) is 4.24. The van der Waals surface area contributed by atoms with Crippen LogP contribution in [0.15, 0.2) is 90.1 Å². The first-order valence-electron chi connectivity index (χ1n) is 11.7. The lowest BCUT2D eigenvalue weighted by molar-refractivity contribution is -0.144.